The van der Waals surface area contributed by atoms with Gasteiger partial charge in [-0.2, -0.15) is 0 Å². The van der Waals surface area contributed by atoms with Crippen molar-refractivity contribution in [1.82, 2.24) is 4.98 Å². The summed E-state index contributed by atoms with van der Waals surface area (Å²) in [6, 6.07) is 9.95. The molecular formula is C20H25N3O3. The first-order chi connectivity index (χ1) is 12.6. The standard InChI is InChI=1S/C20H25N3O3/c1-14(24)15-6-9-20(21-12-15)23-10-4-5-17(13-23)22-16-7-8-18(25-2)19(11-16)26-3/h6-9,11-12,17,22H,4-5,10,13H2,1-3H3. The second kappa shape index (κ2) is 8.08. The molecule has 0 amide bonds. The van der Waals surface area contributed by atoms with Crippen molar-refractivity contribution in [3.05, 3.63) is 42.1 Å². The van der Waals surface area contributed by atoms with Gasteiger partial charge in [0.2, 0.25) is 0 Å². The van der Waals surface area contributed by atoms with Gasteiger partial charge in [-0.15, -0.1) is 0 Å². The van der Waals surface area contributed by atoms with Crippen LogP contribution in [0.25, 0.3) is 0 Å². The number of aromatic nitrogens is 1. The second-order valence-corrected chi connectivity index (χ2v) is 6.46. The number of hydrogen-bond donors (Lipinski definition) is 1. The Hall–Kier alpha value is -2.76. The molecule has 138 valence electrons. The smallest absolute Gasteiger partial charge is 0.162 e. The van der Waals surface area contributed by atoms with Crippen LogP contribution in [0, 0.1) is 0 Å². The van der Waals surface area contributed by atoms with E-state index in [9.17, 15) is 4.79 Å². The van der Waals surface area contributed by atoms with E-state index in [1.807, 2.05) is 30.3 Å². The van der Waals surface area contributed by atoms with E-state index in [1.165, 1.54) is 0 Å². The molecule has 26 heavy (non-hydrogen) atoms. The minimum absolute atomic E-state index is 0.0377. The van der Waals surface area contributed by atoms with Crippen molar-refractivity contribution in [1.29, 1.82) is 0 Å². The number of ether oxygens (including phenoxy) is 2. The van der Waals surface area contributed by atoms with E-state index in [2.05, 4.69) is 15.2 Å². The Bertz CT molecular complexity index is 761. The monoisotopic (exact) mass is 355 g/mol. The number of carbonyl (C=O) groups is 1. The summed E-state index contributed by atoms with van der Waals surface area (Å²) >= 11 is 0. The predicted octanol–water partition coefficient (Wildman–Crippen LogP) is 3.38. The van der Waals surface area contributed by atoms with Crippen LogP contribution in [-0.2, 0) is 0 Å². The van der Waals surface area contributed by atoms with Gasteiger partial charge in [0.1, 0.15) is 5.82 Å². The molecule has 0 radical (unpaired) electrons. The maximum absolute atomic E-state index is 11.4. The summed E-state index contributed by atoms with van der Waals surface area (Å²) in [5.74, 6) is 2.38. The predicted molar refractivity (Wildman–Crippen MR) is 103 cm³/mol. The van der Waals surface area contributed by atoms with Crippen LogP contribution in [0.4, 0.5) is 11.5 Å². The SMILES string of the molecule is COc1ccc(NC2CCCN(c3ccc(C(C)=O)cn3)C2)cc1OC. The summed E-state index contributed by atoms with van der Waals surface area (Å²) in [6.07, 6.45) is 3.83. The van der Waals surface area contributed by atoms with Crippen LogP contribution in [0.1, 0.15) is 30.1 Å². The molecule has 1 unspecified atom stereocenters. The van der Waals surface area contributed by atoms with E-state index in [0.717, 1.165) is 43.2 Å². The van der Waals surface area contributed by atoms with Crippen molar-refractivity contribution in [2.75, 3.05) is 37.5 Å². The summed E-state index contributed by atoms with van der Waals surface area (Å²) in [5.41, 5.74) is 1.65. The number of anilines is 2. The molecule has 0 aliphatic carbocycles. The zero-order chi connectivity index (χ0) is 18.5. The van der Waals surface area contributed by atoms with Gasteiger partial charge < -0.3 is 19.7 Å². The molecule has 1 aromatic heterocycles. The molecule has 6 nitrogen and oxygen atoms in total. The molecule has 1 fully saturated rings. The zero-order valence-electron chi connectivity index (χ0n) is 15.5. The third-order valence-corrected chi connectivity index (χ3v) is 4.65. The average molecular weight is 355 g/mol. The number of benzene rings is 1. The summed E-state index contributed by atoms with van der Waals surface area (Å²) in [5, 5.41) is 3.58. The van der Waals surface area contributed by atoms with E-state index in [0.29, 0.717) is 17.4 Å². The fraction of sp³-hybridized carbons (Fsp3) is 0.400. The molecule has 1 aliphatic heterocycles. The van der Waals surface area contributed by atoms with Crippen LogP contribution < -0.4 is 19.7 Å². The minimum atomic E-state index is 0.0377. The Balaban J connectivity index is 1.67. The Labute approximate surface area is 154 Å². The van der Waals surface area contributed by atoms with Gasteiger partial charge in [-0.05, 0) is 44.0 Å². The molecule has 0 bridgehead atoms. The van der Waals surface area contributed by atoms with E-state index in [4.69, 9.17) is 9.47 Å². The quantitative estimate of drug-likeness (QED) is 0.802. The highest BCUT2D eigenvalue weighted by Gasteiger charge is 2.21. The highest BCUT2D eigenvalue weighted by molar-refractivity contribution is 5.93. The Morgan fingerprint density at radius 3 is 2.65 bits per heavy atom. The highest BCUT2D eigenvalue weighted by atomic mass is 16.5. The van der Waals surface area contributed by atoms with E-state index >= 15 is 0 Å². The first-order valence-corrected chi connectivity index (χ1v) is 8.81. The molecular weight excluding hydrogens is 330 g/mol. The van der Waals surface area contributed by atoms with Crippen LogP contribution >= 0.6 is 0 Å². The number of ketones is 1. The number of pyridine rings is 1. The number of methoxy groups -OCH3 is 2. The van der Waals surface area contributed by atoms with Crippen LogP contribution in [0.5, 0.6) is 11.5 Å². The van der Waals surface area contributed by atoms with E-state index in [1.54, 1.807) is 27.3 Å². The maximum atomic E-state index is 11.4. The minimum Gasteiger partial charge on any atom is -0.493 e. The molecule has 1 atom stereocenters. The topological polar surface area (TPSA) is 63.7 Å². The number of Topliss-reactive ketones (excluding diaryl/α,β-unsaturated/α-hetero) is 1. The lowest BCUT2D eigenvalue weighted by molar-refractivity contribution is 0.101. The lowest BCUT2D eigenvalue weighted by atomic mass is 10.0. The Kier molecular flexibility index (Phi) is 5.61. The number of carbonyl (C=O) groups excluding carboxylic acids is 1. The lowest BCUT2D eigenvalue weighted by Gasteiger charge is -2.34. The van der Waals surface area contributed by atoms with Gasteiger partial charge in [-0.25, -0.2) is 4.98 Å². The fourth-order valence-electron chi connectivity index (χ4n) is 3.25. The van der Waals surface area contributed by atoms with Crippen molar-refractivity contribution in [3.63, 3.8) is 0 Å². The summed E-state index contributed by atoms with van der Waals surface area (Å²) < 4.78 is 10.7. The normalized spacial score (nSPS) is 16.9. The highest BCUT2D eigenvalue weighted by Crippen LogP contribution is 2.30. The summed E-state index contributed by atoms with van der Waals surface area (Å²) in [6.45, 7) is 3.39. The number of rotatable bonds is 6. The molecule has 3 rings (SSSR count). The first kappa shape index (κ1) is 18.0. The van der Waals surface area contributed by atoms with Crippen molar-refractivity contribution in [3.8, 4) is 11.5 Å². The first-order valence-electron chi connectivity index (χ1n) is 8.81. The Morgan fingerprint density at radius 2 is 2.00 bits per heavy atom. The number of piperidine rings is 1. The van der Waals surface area contributed by atoms with E-state index in [-0.39, 0.29) is 5.78 Å². The molecule has 6 heteroatoms. The number of nitrogens with one attached hydrogen (secondary N) is 1. The van der Waals surface area contributed by atoms with Gasteiger partial charge in [0.15, 0.2) is 17.3 Å². The number of hydrogen-bond acceptors (Lipinski definition) is 6. The third-order valence-electron chi connectivity index (χ3n) is 4.65. The van der Waals surface area contributed by atoms with Gasteiger partial charge in [0, 0.05) is 42.6 Å². The van der Waals surface area contributed by atoms with Crippen molar-refractivity contribution >= 4 is 17.3 Å². The molecule has 1 N–H and O–H groups in total. The van der Waals surface area contributed by atoms with Crippen molar-refractivity contribution in [2.45, 2.75) is 25.8 Å². The van der Waals surface area contributed by atoms with Gasteiger partial charge in [-0.1, -0.05) is 0 Å². The molecule has 2 heterocycles. The summed E-state index contributed by atoms with van der Waals surface area (Å²) in [4.78, 5) is 18.1. The average Bonchev–Trinajstić information content (AvgIpc) is 2.68. The van der Waals surface area contributed by atoms with Gasteiger partial charge in [0.05, 0.1) is 14.2 Å². The van der Waals surface area contributed by atoms with Crippen LogP contribution in [0.15, 0.2) is 36.5 Å². The fourth-order valence-corrected chi connectivity index (χ4v) is 3.25. The molecule has 1 aromatic carbocycles. The molecule has 0 spiro atoms. The zero-order valence-corrected chi connectivity index (χ0v) is 15.5. The lowest BCUT2D eigenvalue weighted by Crippen LogP contribution is -2.42. The molecule has 1 saturated heterocycles. The van der Waals surface area contributed by atoms with Gasteiger partial charge >= 0.3 is 0 Å². The number of nitrogens with zero attached hydrogens (tertiary/aromatic N) is 2. The van der Waals surface area contributed by atoms with Crippen LogP contribution in [0.3, 0.4) is 0 Å². The van der Waals surface area contributed by atoms with E-state index < -0.39 is 0 Å². The van der Waals surface area contributed by atoms with Gasteiger partial charge in [-0.3, -0.25) is 4.79 Å². The van der Waals surface area contributed by atoms with Crippen molar-refractivity contribution in [2.24, 2.45) is 0 Å². The Morgan fingerprint density at radius 1 is 1.19 bits per heavy atom. The molecule has 1 aliphatic rings. The molecule has 0 saturated carbocycles. The second-order valence-electron chi connectivity index (χ2n) is 6.46. The van der Waals surface area contributed by atoms with Crippen molar-refractivity contribution < 1.29 is 14.3 Å². The third kappa shape index (κ3) is 4.07. The van der Waals surface area contributed by atoms with Gasteiger partial charge in [0.25, 0.3) is 0 Å². The van der Waals surface area contributed by atoms with Crippen LogP contribution in [-0.4, -0.2) is 44.1 Å². The summed E-state index contributed by atoms with van der Waals surface area (Å²) in [7, 11) is 3.27. The van der Waals surface area contributed by atoms with Crippen LogP contribution in [0.2, 0.25) is 0 Å². The molecule has 2 aromatic rings. The largest absolute Gasteiger partial charge is 0.493 e. The maximum Gasteiger partial charge on any atom is 0.162 e.